The first-order valence-electron chi connectivity index (χ1n) is 6.22. The van der Waals surface area contributed by atoms with Gasteiger partial charge in [-0.1, -0.05) is 6.07 Å². The fraction of sp³-hybridized carbons (Fsp3) is 0.500. The van der Waals surface area contributed by atoms with Crippen LogP contribution in [0.3, 0.4) is 0 Å². The van der Waals surface area contributed by atoms with Crippen LogP contribution in [0.4, 0.5) is 0 Å². The minimum absolute atomic E-state index is 0.0293. The summed E-state index contributed by atoms with van der Waals surface area (Å²) in [5, 5.41) is 9.58. The first-order chi connectivity index (χ1) is 8.69. The van der Waals surface area contributed by atoms with Gasteiger partial charge in [-0.25, -0.2) is 4.79 Å². The van der Waals surface area contributed by atoms with Gasteiger partial charge >= 0.3 is 5.97 Å². The van der Waals surface area contributed by atoms with Crippen LogP contribution in [-0.4, -0.2) is 30.4 Å². The lowest BCUT2D eigenvalue weighted by Crippen LogP contribution is -2.28. The Kier molecular flexibility index (Phi) is 4.20. The predicted octanol–water partition coefficient (Wildman–Crippen LogP) is 2.16. The Labute approximate surface area is 107 Å². The van der Waals surface area contributed by atoms with Gasteiger partial charge in [-0.2, -0.15) is 0 Å². The van der Waals surface area contributed by atoms with Crippen molar-refractivity contribution in [1.29, 1.82) is 0 Å². The van der Waals surface area contributed by atoms with Crippen LogP contribution in [0.25, 0.3) is 0 Å². The third-order valence-electron chi connectivity index (χ3n) is 3.16. The average molecular weight is 250 g/mol. The SMILES string of the molecule is COC(=O)c1cccc(OC2CCCC(O)C2)c1. The van der Waals surface area contributed by atoms with Crippen molar-refractivity contribution in [3.63, 3.8) is 0 Å². The molecule has 0 radical (unpaired) electrons. The normalized spacial score (nSPS) is 23.4. The lowest BCUT2D eigenvalue weighted by atomic mass is 9.95. The molecule has 1 saturated carbocycles. The van der Waals surface area contributed by atoms with Crippen molar-refractivity contribution in [3.8, 4) is 5.75 Å². The van der Waals surface area contributed by atoms with Crippen molar-refractivity contribution < 1.29 is 19.4 Å². The Hall–Kier alpha value is -1.55. The van der Waals surface area contributed by atoms with Crippen LogP contribution in [0, 0.1) is 0 Å². The standard InChI is InChI=1S/C14H18O4/c1-17-14(16)10-4-2-6-12(8-10)18-13-7-3-5-11(15)9-13/h2,4,6,8,11,13,15H,3,5,7,9H2,1H3. The van der Waals surface area contributed by atoms with Crippen molar-refractivity contribution in [2.75, 3.05) is 7.11 Å². The molecule has 2 atom stereocenters. The van der Waals surface area contributed by atoms with Gasteiger partial charge in [0.05, 0.1) is 18.8 Å². The summed E-state index contributed by atoms with van der Waals surface area (Å²) in [5.74, 6) is 0.279. The number of hydrogen-bond acceptors (Lipinski definition) is 4. The monoisotopic (exact) mass is 250 g/mol. The minimum Gasteiger partial charge on any atom is -0.490 e. The van der Waals surface area contributed by atoms with Gasteiger partial charge in [0.25, 0.3) is 0 Å². The number of aliphatic hydroxyl groups is 1. The Morgan fingerprint density at radius 1 is 1.39 bits per heavy atom. The number of methoxy groups -OCH3 is 1. The number of hydrogen-bond donors (Lipinski definition) is 1. The first kappa shape index (κ1) is 12.9. The number of ether oxygens (including phenoxy) is 2. The maximum Gasteiger partial charge on any atom is 0.337 e. The topological polar surface area (TPSA) is 55.8 Å². The van der Waals surface area contributed by atoms with Crippen molar-refractivity contribution in [2.24, 2.45) is 0 Å². The van der Waals surface area contributed by atoms with Crippen molar-refractivity contribution >= 4 is 5.97 Å². The van der Waals surface area contributed by atoms with Crippen LogP contribution >= 0.6 is 0 Å². The average Bonchev–Trinajstić information content (AvgIpc) is 2.38. The van der Waals surface area contributed by atoms with Crippen LogP contribution in [0.2, 0.25) is 0 Å². The van der Waals surface area contributed by atoms with Crippen LogP contribution in [0.1, 0.15) is 36.0 Å². The number of aliphatic hydroxyl groups excluding tert-OH is 1. The van der Waals surface area contributed by atoms with Gasteiger partial charge in [0, 0.05) is 6.42 Å². The van der Waals surface area contributed by atoms with Crippen LogP contribution in [0.15, 0.2) is 24.3 Å². The second-order valence-corrected chi connectivity index (χ2v) is 4.58. The molecule has 0 bridgehead atoms. The summed E-state index contributed by atoms with van der Waals surface area (Å²) in [6.45, 7) is 0. The molecule has 1 aliphatic rings. The Balaban J connectivity index is 2.02. The molecular weight excluding hydrogens is 232 g/mol. The van der Waals surface area contributed by atoms with Crippen molar-refractivity contribution in [3.05, 3.63) is 29.8 Å². The molecule has 0 spiro atoms. The van der Waals surface area contributed by atoms with Gasteiger partial charge in [0.2, 0.25) is 0 Å². The van der Waals surface area contributed by atoms with E-state index in [-0.39, 0.29) is 18.2 Å². The molecule has 1 aromatic rings. The highest BCUT2D eigenvalue weighted by atomic mass is 16.5. The quantitative estimate of drug-likeness (QED) is 0.835. The number of benzene rings is 1. The highest BCUT2D eigenvalue weighted by Crippen LogP contribution is 2.24. The lowest BCUT2D eigenvalue weighted by molar-refractivity contribution is 0.0527. The van der Waals surface area contributed by atoms with Crippen LogP contribution < -0.4 is 4.74 Å². The second-order valence-electron chi connectivity index (χ2n) is 4.58. The van der Waals surface area contributed by atoms with Gasteiger partial charge in [-0.3, -0.25) is 0 Å². The molecule has 4 nitrogen and oxygen atoms in total. The van der Waals surface area contributed by atoms with Gasteiger partial charge in [0.15, 0.2) is 0 Å². The predicted molar refractivity (Wildman–Crippen MR) is 66.7 cm³/mol. The van der Waals surface area contributed by atoms with Gasteiger partial charge in [-0.05, 0) is 37.5 Å². The number of carbonyl (C=O) groups excluding carboxylic acids is 1. The van der Waals surface area contributed by atoms with Gasteiger partial charge < -0.3 is 14.6 Å². The van der Waals surface area contributed by atoms with E-state index in [1.165, 1.54) is 7.11 Å². The molecule has 98 valence electrons. The summed E-state index contributed by atoms with van der Waals surface area (Å²) in [4.78, 5) is 11.4. The third-order valence-corrected chi connectivity index (χ3v) is 3.16. The zero-order valence-electron chi connectivity index (χ0n) is 10.5. The van der Waals surface area contributed by atoms with Gasteiger partial charge in [0.1, 0.15) is 11.9 Å². The fourth-order valence-electron chi connectivity index (χ4n) is 2.23. The van der Waals surface area contributed by atoms with E-state index in [2.05, 4.69) is 4.74 Å². The van der Waals surface area contributed by atoms with Crippen molar-refractivity contribution in [2.45, 2.75) is 37.9 Å². The van der Waals surface area contributed by atoms with E-state index in [1.54, 1.807) is 18.2 Å². The van der Waals surface area contributed by atoms with E-state index in [9.17, 15) is 9.90 Å². The van der Waals surface area contributed by atoms with E-state index in [0.29, 0.717) is 17.7 Å². The molecule has 1 N–H and O–H groups in total. The lowest BCUT2D eigenvalue weighted by Gasteiger charge is -2.26. The number of esters is 1. The molecule has 0 saturated heterocycles. The zero-order chi connectivity index (χ0) is 13.0. The molecule has 0 aliphatic heterocycles. The summed E-state index contributed by atoms with van der Waals surface area (Å²) < 4.78 is 10.5. The maximum absolute atomic E-state index is 11.4. The highest BCUT2D eigenvalue weighted by Gasteiger charge is 2.21. The smallest absolute Gasteiger partial charge is 0.337 e. The first-order valence-corrected chi connectivity index (χ1v) is 6.22. The summed E-state index contributed by atoms with van der Waals surface area (Å²) in [5.41, 5.74) is 0.478. The molecule has 1 aliphatic carbocycles. The maximum atomic E-state index is 11.4. The Bertz CT molecular complexity index is 416. The van der Waals surface area contributed by atoms with Gasteiger partial charge in [-0.15, -0.1) is 0 Å². The molecule has 4 heteroatoms. The molecule has 0 heterocycles. The van der Waals surface area contributed by atoms with E-state index in [1.807, 2.05) is 6.07 Å². The summed E-state index contributed by atoms with van der Waals surface area (Å²) >= 11 is 0. The molecule has 1 aromatic carbocycles. The second kappa shape index (κ2) is 5.87. The van der Waals surface area contributed by atoms with Crippen molar-refractivity contribution in [1.82, 2.24) is 0 Å². The van der Waals surface area contributed by atoms with Crippen LogP contribution in [-0.2, 0) is 4.74 Å². The molecule has 0 aromatic heterocycles. The largest absolute Gasteiger partial charge is 0.490 e. The zero-order valence-corrected chi connectivity index (χ0v) is 10.5. The summed E-state index contributed by atoms with van der Waals surface area (Å²) in [7, 11) is 1.35. The van der Waals surface area contributed by atoms with E-state index >= 15 is 0 Å². The van der Waals surface area contributed by atoms with E-state index < -0.39 is 0 Å². The third kappa shape index (κ3) is 3.23. The van der Waals surface area contributed by atoms with E-state index in [4.69, 9.17) is 4.74 Å². The fourth-order valence-corrected chi connectivity index (χ4v) is 2.23. The molecule has 1 fully saturated rings. The number of carbonyl (C=O) groups is 1. The minimum atomic E-state index is -0.371. The summed E-state index contributed by atoms with van der Waals surface area (Å²) in [6.07, 6.45) is 3.18. The molecule has 2 unspecified atom stereocenters. The number of rotatable bonds is 3. The Morgan fingerprint density at radius 3 is 2.94 bits per heavy atom. The molecule has 0 amide bonds. The molecule has 2 rings (SSSR count). The molecular formula is C14H18O4. The van der Waals surface area contributed by atoms with E-state index in [0.717, 1.165) is 19.3 Å². The van der Waals surface area contributed by atoms with Crippen LogP contribution in [0.5, 0.6) is 5.75 Å². The Morgan fingerprint density at radius 2 is 2.22 bits per heavy atom. The molecule has 18 heavy (non-hydrogen) atoms. The highest BCUT2D eigenvalue weighted by molar-refractivity contribution is 5.89. The summed E-state index contributed by atoms with van der Waals surface area (Å²) in [6, 6.07) is 6.94.